The van der Waals surface area contributed by atoms with Crippen molar-refractivity contribution in [2.24, 2.45) is 0 Å². The minimum absolute atomic E-state index is 0.165. The molecule has 0 amide bonds. The summed E-state index contributed by atoms with van der Waals surface area (Å²) in [6, 6.07) is 17.4. The molecule has 0 spiro atoms. The summed E-state index contributed by atoms with van der Waals surface area (Å²) in [5, 5.41) is 1.23. The van der Waals surface area contributed by atoms with Crippen molar-refractivity contribution >= 4 is 10.9 Å². The Balaban J connectivity index is 1.33. The molecule has 5 nitrogen and oxygen atoms in total. The average molecular weight is 459 g/mol. The molecule has 1 aromatic heterocycles. The summed E-state index contributed by atoms with van der Waals surface area (Å²) in [6.07, 6.45) is 1.86. The van der Waals surface area contributed by atoms with Gasteiger partial charge >= 0.3 is 0 Å². The van der Waals surface area contributed by atoms with Gasteiger partial charge in [-0.05, 0) is 65.9 Å². The normalized spacial score (nSPS) is 17.1. The van der Waals surface area contributed by atoms with Crippen LogP contribution in [-0.2, 0) is 26.0 Å². The lowest BCUT2D eigenvalue weighted by Gasteiger charge is -2.40. The highest BCUT2D eigenvalue weighted by atomic mass is 19.1. The van der Waals surface area contributed by atoms with Gasteiger partial charge in [-0.3, -0.25) is 4.90 Å². The second-order valence-electron chi connectivity index (χ2n) is 9.02. The van der Waals surface area contributed by atoms with E-state index in [1.54, 1.807) is 26.4 Å². The van der Waals surface area contributed by atoms with E-state index in [1.807, 2.05) is 12.1 Å². The highest BCUT2D eigenvalue weighted by Crippen LogP contribution is 2.44. The Morgan fingerprint density at radius 1 is 1.03 bits per heavy atom. The van der Waals surface area contributed by atoms with E-state index in [4.69, 9.17) is 14.2 Å². The van der Waals surface area contributed by atoms with Crippen LogP contribution in [0.15, 0.2) is 54.6 Å². The zero-order chi connectivity index (χ0) is 23.2. The third-order valence-electron chi connectivity index (χ3n) is 7.19. The first-order valence-corrected chi connectivity index (χ1v) is 11.6. The lowest BCUT2D eigenvalue weighted by molar-refractivity contribution is 0.158. The largest absolute Gasteiger partial charge is 0.497 e. The number of rotatable bonds is 5. The zero-order valence-corrected chi connectivity index (χ0v) is 19.4. The lowest BCUT2D eigenvalue weighted by Crippen LogP contribution is -2.39. The number of H-pyrrole nitrogens is 1. The topological polar surface area (TPSA) is 46.7 Å². The van der Waals surface area contributed by atoms with Gasteiger partial charge in [0.2, 0.25) is 0 Å². The molecule has 0 bridgehead atoms. The minimum atomic E-state index is -0.261. The molecule has 0 fully saturated rings. The monoisotopic (exact) mass is 458 g/mol. The maximum Gasteiger partial charge on any atom is 0.161 e. The summed E-state index contributed by atoms with van der Waals surface area (Å²) in [4.78, 5) is 6.16. The number of aromatic nitrogens is 1. The van der Waals surface area contributed by atoms with Crippen molar-refractivity contribution in [3.63, 3.8) is 0 Å². The number of benzene rings is 3. The molecule has 6 rings (SSSR count). The van der Waals surface area contributed by atoms with Crippen LogP contribution in [-0.4, -0.2) is 30.6 Å². The standard InChI is InChI=1S/C28H27FN2O3/c1-32-19-7-8-24-21(12-19)22-13-26-20-14-27(33-2)28(34-16-18-5-3-4-6-23(18)29)11-17(20)9-10-31(26)15-25(22)30-24/h3-8,11-12,14,26,30H,9-10,13,15-16H2,1-2H3. The molecule has 0 saturated heterocycles. The summed E-state index contributed by atoms with van der Waals surface area (Å²) in [7, 11) is 3.36. The Kier molecular flexibility index (Phi) is 5.18. The highest BCUT2D eigenvalue weighted by molar-refractivity contribution is 5.86. The van der Waals surface area contributed by atoms with Crippen molar-refractivity contribution in [3.05, 3.63) is 88.4 Å². The second kappa shape index (κ2) is 8.37. The van der Waals surface area contributed by atoms with Gasteiger partial charge in [0.05, 0.1) is 14.2 Å². The van der Waals surface area contributed by atoms with E-state index in [0.29, 0.717) is 17.1 Å². The van der Waals surface area contributed by atoms with Crippen molar-refractivity contribution in [2.45, 2.75) is 32.0 Å². The molecule has 0 aliphatic carbocycles. The first-order valence-electron chi connectivity index (χ1n) is 11.6. The molecule has 6 heteroatoms. The molecule has 3 aromatic carbocycles. The number of fused-ring (bicyclic) bond motifs is 6. The van der Waals surface area contributed by atoms with Crippen LogP contribution in [0.1, 0.15) is 34.0 Å². The van der Waals surface area contributed by atoms with Crippen molar-refractivity contribution in [1.82, 2.24) is 9.88 Å². The Bertz CT molecular complexity index is 1380. The molecular formula is C28H27FN2O3. The number of hydrogen-bond acceptors (Lipinski definition) is 4. The van der Waals surface area contributed by atoms with E-state index >= 15 is 0 Å². The molecule has 0 saturated carbocycles. The Labute approximate surface area is 198 Å². The molecule has 2 aliphatic rings. The summed E-state index contributed by atoms with van der Waals surface area (Å²) < 4.78 is 31.3. The summed E-state index contributed by atoms with van der Waals surface area (Å²) in [5.74, 6) is 1.96. The van der Waals surface area contributed by atoms with Crippen LogP contribution in [0.3, 0.4) is 0 Å². The Morgan fingerprint density at radius 3 is 2.74 bits per heavy atom. The van der Waals surface area contributed by atoms with E-state index < -0.39 is 0 Å². The fraction of sp³-hybridized carbons (Fsp3) is 0.286. The van der Waals surface area contributed by atoms with Gasteiger partial charge in [-0.25, -0.2) is 4.39 Å². The fourth-order valence-electron chi connectivity index (χ4n) is 5.41. The minimum Gasteiger partial charge on any atom is -0.497 e. The van der Waals surface area contributed by atoms with Gasteiger partial charge in [0, 0.05) is 41.3 Å². The van der Waals surface area contributed by atoms with E-state index in [2.05, 4.69) is 34.1 Å². The number of nitrogens with zero attached hydrogens (tertiary/aromatic N) is 1. The van der Waals surface area contributed by atoms with Gasteiger partial charge in [0.25, 0.3) is 0 Å². The quantitative estimate of drug-likeness (QED) is 0.425. The summed E-state index contributed by atoms with van der Waals surface area (Å²) >= 11 is 0. The maximum atomic E-state index is 14.1. The van der Waals surface area contributed by atoms with Crippen molar-refractivity contribution in [2.75, 3.05) is 20.8 Å². The molecule has 3 heterocycles. The van der Waals surface area contributed by atoms with Crippen molar-refractivity contribution in [3.8, 4) is 17.2 Å². The molecule has 2 aliphatic heterocycles. The van der Waals surface area contributed by atoms with Crippen LogP contribution in [0.25, 0.3) is 10.9 Å². The number of hydrogen-bond donors (Lipinski definition) is 1. The van der Waals surface area contributed by atoms with Gasteiger partial charge < -0.3 is 19.2 Å². The first-order chi connectivity index (χ1) is 16.6. The number of methoxy groups -OCH3 is 2. The Morgan fingerprint density at radius 2 is 1.91 bits per heavy atom. The van der Waals surface area contributed by atoms with Crippen molar-refractivity contribution < 1.29 is 18.6 Å². The predicted octanol–water partition coefficient (Wildman–Crippen LogP) is 5.56. The van der Waals surface area contributed by atoms with E-state index in [0.717, 1.165) is 37.2 Å². The molecule has 1 unspecified atom stereocenters. The van der Waals surface area contributed by atoms with Crippen LogP contribution in [0.2, 0.25) is 0 Å². The SMILES string of the molecule is COc1ccc2[nH]c3c(c2c1)CC1c2cc(OC)c(OCc4ccccc4F)cc2CCN1C3. The fourth-order valence-corrected chi connectivity index (χ4v) is 5.41. The third-order valence-corrected chi connectivity index (χ3v) is 7.19. The second-order valence-corrected chi connectivity index (χ2v) is 9.02. The smallest absolute Gasteiger partial charge is 0.161 e. The number of aromatic amines is 1. The molecule has 1 atom stereocenters. The van der Waals surface area contributed by atoms with Gasteiger partial charge in [-0.15, -0.1) is 0 Å². The van der Waals surface area contributed by atoms with E-state index in [9.17, 15) is 4.39 Å². The van der Waals surface area contributed by atoms with Crippen molar-refractivity contribution in [1.29, 1.82) is 0 Å². The average Bonchev–Trinajstić information content (AvgIpc) is 3.22. The van der Waals surface area contributed by atoms with Gasteiger partial charge in [0.1, 0.15) is 18.2 Å². The Hall–Kier alpha value is -3.51. The highest BCUT2D eigenvalue weighted by Gasteiger charge is 2.34. The molecular weight excluding hydrogens is 431 g/mol. The number of nitrogens with one attached hydrogen (secondary N) is 1. The van der Waals surface area contributed by atoms with E-state index in [1.165, 1.54) is 33.8 Å². The number of halogens is 1. The maximum absolute atomic E-state index is 14.1. The summed E-state index contributed by atoms with van der Waals surface area (Å²) in [5.41, 5.74) is 6.89. The first kappa shape index (κ1) is 21.1. The van der Waals surface area contributed by atoms with Crippen LogP contribution in [0.5, 0.6) is 17.2 Å². The van der Waals surface area contributed by atoms with Gasteiger partial charge in [-0.2, -0.15) is 0 Å². The molecule has 174 valence electrons. The third kappa shape index (κ3) is 3.49. The van der Waals surface area contributed by atoms with Gasteiger partial charge in [-0.1, -0.05) is 18.2 Å². The van der Waals surface area contributed by atoms with Crippen LogP contribution in [0, 0.1) is 5.82 Å². The summed E-state index contributed by atoms with van der Waals surface area (Å²) in [6.45, 7) is 2.04. The van der Waals surface area contributed by atoms with Crippen LogP contribution < -0.4 is 14.2 Å². The molecule has 0 radical (unpaired) electrons. The van der Waals surface area contributed by atoms with Gasteiger partial charge in [0.15, 0.2) is 11.5 Å². The lowest BCUT2D eigenvalue weighted by atomic mass is 9.85. The molecule has 34 heavy (non-hydrogen) atoms. The molecule has 4 aromatic rings. The zero-order valence-electron chi connectivity index (χ0n) is 19.4. The van der Waals surface area contributed by atoms with Crippen LogP contribution in [0.4, 0.5) is 4.39 Å². The predicted molar refractivity (Wildman–Crippen MR) is 129 cm³/mol. The van der Waals surface area contributed by atoms with Crippen LogP contribution >= 0.6 is 0 Å². The number of ether oxygens (including phenoxy) is 3. The molecule has 1 N–H and O–H groups in total. The van der Waals surface area contributed by atoms with E-state index in [-0.39, 0.29) is 18.5 Å².